The van der Waals surface area contributed by atoms with E-state index < -0.39 is 5.97 Å². The Labute approximate surface area is 85.6 Å². The van der Waals surface area contributed by atoms with Gasteiger partial charge in [0.05, 0.1) is 12.8 Å². The molecule has 0 unspecified atom stereocenters. The average Bonchev–Trinajstić information content (AvgIpc) is 2.17. The molecule has 0 radical (unpaired) electrons. The number of halogens is 1. The van der Waals surface area contributed by atoms with Gasteiger partial charge in [-0.1, -0.05) is 11.6 Å². The number of nitrogens with zero attached hydrogens (tertiary/aromatic N) is 3. The van der Waals surface area contributed by atoms with Crippen LogP contribution in [0.4, 0.5) is 5.69 Å². The van der Waals surface area contributed by atoms with Gasteiger partial charge in [-0.2, -0.15) is 0 Å². The third-order valence-electron chi connectivity index (χ3n) is 1.50. The van der Waals surface area contributed by atoms with E-state index in [1.165, 1.54) is 18.2 Å². The summed E-state index contributed by atoms with van der Waals surface area (Å²) in [6, 6.07) is 1.40. The number of nitrogens with two attached hydrogens (primary N) is 1. The molecule has 1 aromatic rings. The van der Waals surface area contributed by atoms with Crippen molar-refractivity contribution in [2.24, 2.45) is 5.84 Å². The van der Waals surface area contributed by atoms with Gasteiger partial charge in [0.15, 0.2) is 10.8 Å². The van der Waals surface area contributed by atoms with Crippen molar-refractivity contribution in [1.29, 1.82) is 0 Å². The summed E-state index contributed by atoms with van der Waals surface area (Å²) in [4.78, 5) is 11.1. The molecule has 0 amide bonds. The number of methoxy groups -OCH3 is 1. The Morgan fingerprint density at radius 1 is 1.64 bits per heavy atom. The fraction of sp³-hybridized carbons (Fsp3) is 0.286. The van der Waals surface area contributed by atoms with E-state index in [4.69, 9.17) is 17.4 Å². The van der Waals surface area contributed by atoms with E-state index in [9.17, 15) is 4.79 Å². The van der Waals surface area contributed by atoms with Crippen molar-refractivity contribution >= 4 is 23.3 Å². The molecular formula is C7H9ClN4O2. The number of aromatic nitrogens is 2. The van der Waals surface area contributed by atoms with Crippen LogP contribution < -0.4 is 10.9 Å². The molecule has 0 atom stereocenters. The first-order valence-corrected chi connectivity index (χ1v) is 4.04. The molecule has 0 saturated carbocycles. The maximum atomic E-state index is 11.1. The summed E-state index contributed by atoms with van der Waals surface area (Å²) in [5.41, 5.74) is 0.464. The van der Waals surface area contributed by atoms with E-state index in [0.29, 0.717) is 5.69 Å². The van der Waals surface area contributed by atoms with Crippen molar-refractivity contribution in [2.45, 2.75) is 0 Å². The number of rotatable bonds is 2. The van der Waals surface area contributed by atoms with Crippen molar-refractivity contribution in [2.75, 3.05) is 19.2 Å². The number of anilines is 1. The molecule has 0 bridgehead atoms. The number of carbonyl (C=O) groups is 1. The Kier molecular flexibility index (Phi) is 3.21. The van der Waals surface area contributed by atoms with Crippen molar-refractivity contribution in [3.63, 3.8) is 0 Å². The quantitative estimate of drug-likeness (QED) is 0.433. The molecule has 76 valence electrons. The van der Waals surface area contributed by atoms with E-state index in [1.54, 1.807) is 7.05 Å². The third-order valence-corrected chi connectivity index (χ3v) is 1.77. The molecule has 0 aromatic carbocycles. The number of hydrogen-bond acceptors (Lipinski definition) is 6. The van der Waals surface area contributed by atoms with Crippen LogP contribution in [0, 0.1) is 0 Å². The standard InChI is InChI=1S/C7H9ClN4O2/c1-12(9)5-3-4(7(13)14-2)10-11-6(5)8/h3H,9H2,1-2H3. The third kappa shape index (κ3) is 2.09. The van der Waals surface area contributed by atoms with E-state index in [2.05, 4.69) is 14.9 Å². The van der Waals surface area contributed by atoms with Crippen LogP contribution in [-0.2, 0) is 4.74 Å². The zero-order valence-electron chi connectivity index (χ0n) is 7.69. The zero-order valence-corrected chi connectivity index (χ0v) is 8.45. The van der Waals surface area contributed by atoms with Gasteiger partial charge in [-0.25, -0.2) is 10.6 Å². The van der Waals surface area contributed by atoms with Crippen LogP contribution in [0.2, 0.25) is 5.15 Å². The van der Waals surface area contributed by atoms with Crippen molar-refractivity contribution in [3.05, 3.63) is 16.9 Å². The monoisotopic (exact) mass is 216 g/mol. The maximum Gasteiger partial charge on any atom is 0.358 e. The molecule has 0 aliphatic heterocycles. The Morgan fingerprint density at radius 3 is 2.79 bits per heavy atom. The lowest BCUT2D eigenvalue weighted by Crippen LogP contribution is -2.26. The molecule has 6 nitrogen and oxygen atoms in total. The molecule has 1 rings (SSSR count). The maximum absolute atomic E-state index is 11.1. The summed E-state index contributed by atoms with van der Waals surface area (Å²) in [7, 11) is 2.83. The van der Waals surface area contributed by atoms with Gasteiger partial charge >= 0.3 is 5.97 Å². The molecule has 0 saturated heterocycles. The molecule has 1 aromatic heterocycles. The van der Waals surface area contributed by atoms with Crippen molar-refractivity contribution < 1.29 is 9.53 Å². The Bertz CT molecular complexity index is 356. The smallest absolute Gasteiger partial charge is 0.358 e. The number of carbonyl (C=O) groups excluding carboxylic acids is 1. The van der Waals surface area contributed by atoms with Gasteiger partial charge in [0.2, 0.25) is 0 Å². The van der Waals surface area contributed by atoms with Gasteiger partial charge < -0.3 is 9.75 Å². The summed E-state index contributed by atoms with van der Waals surface area (Å²) in [6.45, 7) is 0. The fourth-order valence-electron chi connectivity index (χ4n) is 0.819. The van der Waals surface area contributed by atoms with Crippen LogP contribution in [0.3, 0.4) is 0 Å². The van der Waals surface area contributed by atoms with Crippen LogP contribution in [0.1, 0.15) is 10.5 Å². The molecule has 7 heteroatoms. The summed E-state index contributed by atoms with van der Waals surface area (Å²) in [5.74, 6) is 4.87. The average molecular weight is 217 g/mol. The summed E-state index contributed by atoms with van der Waals surface area (Å²) in [6.07, 6.45) is 0. The second kappa shape index (κ2) is 4.21. The minimum Gasteiger partial charge on any atom is -0.464 e. The molecule has 0 spiro atoms. The zero-order chi connectivity index (χ0) is 10.7. The SMILES string of the molecule is COC(=O)c1cc(N(C)N)c(Cl)nn1. The van der Waals surface area contributed by atoms with Gasteiger partial charge in [0.25, 0.3) is 0 Å². The summed E-state index contributed by atoms with van der Waals surface area (Å²) in [5, 5.41) is 8.48. The fourth-order valence-corrected chi connectivity index (χ4v) is 1.04. The second-order valence-electron chi connectivity index (χ2n) is 2.51. The van der Waals surface area contributed by atoms with Gasteiger partial charge in [-0.05, 0) is 0 Å². The Balaban J connectivity index is 3.13. The highest BCUT2D eigenvalue weighted by molar-refractivity contribution is 6.32. The lowest BCUT2D eigenvalue weighted by atomic mass is 10.3. The van der Waals surface area contributed by atoms with E-state index in [-0.39, 0.29) is 10.8 Å². The minimum absolute atomic E-state index is 0.0594. The molecule has 0 aliphatic carbocycles. The normalized spacial score (nSPS) is 9.71. The highest BCUT2D eigenvalue weighted by atomic mass is 35.5. The number of ether oxygens (including phenoxy) is 1. The molecule has 1 heterocycles. The van der Waals surface area contributed by atoms with Crippen LogP contribution in [0.15, 0.2) is 6.07 Å². The Morgan fingerprint density at radius 2 is 2.29 bits per heavy atom. The van der Waals surface area contributed by atoms with Crippen LogP contribution >= 0.6 is 11.6 Å². The number of hydrogen-bond donors (Lipinski definition) is 1. The summed E-state index contributed by atoms with van der Waals surface area (Å²) < 4.78 is 4.47. The van der Waals surface area contributed by atoms with E-state index in [0.717, 1.165) is 0 Å². The first kappa shape index (κ1) is 10.7. The van der Waals surface area contributed by atoms with Crippen molar-refractivity contribution in [3.8, 4) is 0 Å². The number of esters is 1. The topological polar surface area (TPSA) is 81.3 Å². The molecule has 0 aliphatic rings. The van der Waals surface area contributed by atoms with E-state index in [1.807, 2.05) is 0 Å². The molecule has 2 N–H and O–H groups in total. The molecule has 14 heavy (non-hydrogen) atoms. The predicted octanol–water partition coefficient (Wildman–Crippen LogP) is 0.226. The van der Waals surface area contributed by atoms with Gasteiger partial charge in [-0.15, -0.1) is 10.2 Å². The molecular weight excluding hydrogens is 208 g/mol. The predicted molar refractivity (Wildman–Crippen MR) is 51.0 cm³/mol. The summed E-state index contributed by atoms with van der Waals surface area (Å²) >= 11 is 5.69. The van der Waals surface area contributed by atoms with E-state index >= 15 is 0 Å². The van der Waals surface area contributed by atoms with Gasteiger partial charge in [0, 0.05) is 13.1 Å². The Hall–Kier alpha value is -1.40. The van der Waals surface area contributed by atoms with Gasteiger partial charge in [0.1, 0.15) is 0 Å². The minimum atomic E-state index is -0.586. The van der Waals surface area contributed by atoms with Crippen LogP contribution in [-0.4, -0.2) is 30.3 Å². The first-order valence-electron chi connectivity index (χ1n) is 3.66. The lowest BCUT2D eigenvalue weighted by Gasteiger charge is -2.12. The van der Waals surface area contributed by atoms with Crippen LogP contribution in [0.5, 0.6) is 0 Å². The highest BCUT2D eigenvalue weighted by Crippen LogP contribution is 2.20. The van der Waals surface area contributed by atoms with Crippen molar-refractivity contribution in [1.82, 2.24) is 10.2 Å². The largest absolute Gasteiger partial charge is 0.464 e. The first-order chi connectivity index (χ1) is 6.56. The lowest BCUT2D eigenvalue weighted by molar-refractivity contribution is 0.0593. The number of hydrazine groups is 1. The highest BCUT2D eigenvalue weighted by Gasteiger charge is 2.13. The van der Waals surface area contributed by atoms with Gasteiger partial charge in [-0.3, -0.25) is 0 Å². The second-order valence-corrected chi connectivity index (χ2v) is 2.87. The van der Waals surface area contributed by atoms with Crippen LogP contribution in [0.25, 0.3) is 0 Å². The molecule has 0 fully saturated rings.